The van der Waals surface area contributed by atoms with Gasteiger partial charge in [-0.2, -0.15) is 0 Å². The molecule has 25 heavy (non-hydrogen) atoms. The molecular formula is C21H21NO3. The minimum atomic E-state index is 0.349. The maximum absolute atomic E-state index is 9.02. The summed E-state index contributed by atoms with van der Waals surface area (Å²) in [6, 6.07) is 15.6. The van der Waals surface area contributed by atoms with Crippen LogP contribution in [0.4, 0.5) is 0 Å². The molecule has 1 fully saturated rings. The van der Waals surface area contributed by atoms with Crippen molar-refractivity contribution in [1.82, 2.24) is 0 Å². The Hall–Kier alpha value is -2.77. The summed E-state index contributed by atoms with van der Waals surface area (Å²) >= 11 is 0. The molecule has 0 aliphatic carbocycles. The molecule has 1 aliphatic heterocycles. The Balaban J connectivity index is 1.80. The molecule has 1 aliphatic rings. The highest BCUT2D eigenvalue weighted by atomic mass is 16.5. The molecule has 0 radical (unpaired) electrons. The summed E-state index contributed by atoms with van der Waals surface area (Å²) in [6.07, 6.45) is 3.30. The molecule has 0 bridgehead atoms. The fourth-order valence-electron chi connectivity index (χ4n) is 2.73. The quantitative estimate of drug-likeness (QED) is 0.400. The standard InChI is InChI=1S/C21H21NO3/c23-22-15-20-19(10-9-17-11-13-24-14-12-17)7-4-8-21(20)25-16-18-5-2-1-3-6-18/h1-8,15,17,23H,11-14,16H2. The fraction of sp³-hybridized carbons (Fsp3) is 0.286. The van der Waals surface area contributed by atoms with Gasteiger partial charge in [0.25, 0.3) is 0 Å². The molecule has 4 heteroatoms. The Labute approximate surface area is 148 Å². The van der Waals surface area contributed by atoms with Crippen molar-refractivity contribution in [3.63, 3.8) is 0 Å². The summed E-state index contributed by atoms with van der Waals surface area (Å²) < 4.78 is 11.3. The molecule has 3 rings (SSSR count). The van der Waals surface area contributed by atoms with Gasteiger partial charge < -0.3 is 14.7 Å². The van der Waals surface area contributed by atoms with Gasteiger partial charge in [-0.15, -0.1) is 0 Å². The van der Waals surface area contributed by atoms with Crippen molar-refractivity contribution in [2.75, 3.05) is 13.2 Å². The third-order valence-electron chi connectivity index (χ3n) is 4.12. The molecule has 2 aromatic carbocycles. The van der Waals surface area contributed by atoms with Crippen LogP contribution in [-0.2, 0) is 11.3 Å². The van der Waals surface area contributed by atoms with E-state index in [4.69, 9.17) is 14.7 Å². The van der Waals surface area contributed by atoms with Gasteiger partial charge in [0.1, 0.15) is 12.4 Å². The van der Waals surface area contributed by atoms with E-state index < -0.39 is 0 Å². The third kappa shape index (κ3) is 4.85. The van der Waals surface area contributed by atoms with Gasteiger partial charge in [-0.1, -0.05) is 53.4 Å². The molecule has 2 aromatic rings. The number of hydrogen-bond acceptors (Lipinski definition) is 4. The summed E-state index contributed by atoms with van der Waals surface area (Å²) in [5.74, 6) is 7.53. The maximum Gasteiger partial charge on any atom is 0.129 e. The van der Waals surface area contributed by atoms with Crippen LogP contribution in [0, 0.1) is 17.8 Å². The Bertz CT molecular complexity index is 769. The number of oxime groups is 1. The average molecular weight is 335 g/mol. The lowest BCUT2D eigenvalue weighted by Gasteiger charge is -2.16. The second-order valence-electron chi connectivity index (χ2n) is 5.89. The summed E-state index contributed by atoms with van der Waals surface area (Å²) in [5, 5.41) is 12.2. The molecule has 0 atom stereocenters. The largest absolute Gasteiger partial charge is 0.488 e. The lowest BCUT2D eigenvalue weighted by molar-refractivity contribution is 0.0807. The van der Waals surface area contributed by atoms with E-state index in [0.717, 1.165) is 37.2 Å². The van der Waals surface area contributed by atoms with Crippen LogP contribution in [0.2, 0.25) is 0 Å². The SMILES string of the molecule is ON=Cc1c(C#CC2CCOCC2)cccc1OCc1ccccc1. The number of benzene rings is 2. The predicted octanol–water partition coefficient (Wildman–Crippen LogP) is 3.85. The zero-order valence-corrected chi connectivity index (χ0v) is 14.0. The van der Waals surface area contributed by atoms with E-state index in [9.17, 15) is 0 Å². The van der Waals surface area contributed by atoms with Crippen LogP contribution in [0.3, 0.4) is 0 Å². The zero-order chi connectivity index (χ0) is 17.3. The zero-order valence-electron chi connectivity index (χ0n) is 14.0. The first-order valence-corrected chi connectivity index (χ1v) is 8.43. The topological polar surface area (TPSA) is 51.1 Å². The molecule has 0 spiro atoms. The highest BCUT2D eigenvalue weighted by Crippen LogP contribution is 2.22. The maximum atomic E-state index is 9.02. The van der Waals surface area contributed by atoms with Crippen molar-refractivity contribution in [3.05, 3.63) is 65.2 Å². The second kappa shape index (κ2) is 8.91. The molecule has 0 saturated carbocycles. The molecule has 0 aromatic heterocycles. The van der Waals surface area contributed by atoms with Crippen LogP contribution in [0.1, 0.15) is 29.5 Å². The van der Waals surface area contributed by atoms with E-state index in [1.54, 1.807) is 0 Å². The lowest BCUT2D eigenvalue weighted by atomic mass is 9.99. The van der Waals surface area contributed by atoms with Gasteiger partial charge in [0.05, 0.1) is 11.8 Å². The Morgan fingerprint density at radius 1 is 1.12 bits per heavy atom. The van der Waals surface area contributed by atoms with E-state index in [-0.39, 0.29) is 0 Å². The van der Waals surface area contributed by atoms with Crippen LogP contribution in [-0.4, -0.2) is 24.6 Å². The van der Waals surface area contributed by atoms with Crippen molar-refractivity contribution in [1.29, 1.82) is 0 Å². The molecule has 0 amide bonds. The van der Waals surface area contributed by atoms with Crippen molar-refractivity contribution >= 4 is 6.21 Å². The van der Waals surface area contributed by atoms with Crippen molar-refractivity contribution in [3.8, 4) is 17.6 Å². The van der Waals surface area contributed by atoms with Crippen molar-refractivity contribution < 1.29 is 14.7 Å². The molecule has 4 nitrogen and oxygen atoms in total. The smallest absolute Gasteiger partial charge is 0.129 e. The minimum Gasteiger partial charge on any atom is -0.488 e. The van der Waals surface area contributed by atoms with E-state index in [2.05, 4.69) is 17.0 Å². The Morgan fingerprint density at radius 3 is 2.68 bits per heavy atom. The number of hydrogen-bond donors (Lipinski definition) is 1. The van der Waals surface area contributed by atoms with Gasteiger partial charge in [-0.05, 0) is 30.5 Å². The van der Waals surface area contributed by atoms with E-state index >= 15 is 0 Å². The van der Waals surface area contributed by atoms with Crippen LogP contribution < -0.4 is 4.74 Å². The minimum absolute atomic E-state index is 0.349. The van der Waals surface area contributed by atoms with E-state index in [1.807, 2.05) is 48.5 Å². The average Bonchev–Trinajstić information content (AvgIpc) is 2.68. The first kappa shape index (κ1) is 17.1. The molecule has 0 unspecified atom stereocenters. The van der Waals surface area contributed by atoms with Gasteiger partial charge in [0.2, 0.25) is 0 Å². The predicted molar refractivity (Wildman–Crippen MR) is 97.0 cm³/mol. The highest BCUT2D eigenvalue weighted by molar-refractivity contribution is 5.87. The molecule has 1 heterocycles. The summed E-state index contributed by atoms with van der Waals surface area (Å²) in [6.45, 7) is 1.99. The van der Waals surface area contributed by atoms with Gasteiger partial charge in [0, 0.05) is 24.7 Å². The van der Waals surface area contributed by atoms with Crippen LogP contribution in [0.5, 0.6) is 5.75 Å². The van der Waals surface area contributed by atoms with E-state index in [1.165, 1.54) is 6.21 Å². The number of ether oxygens (including phenoxy) is 2. The van der Waals surface area contributed by atoms with Crippen molar-refractivity contribution in [2.45, 2.75) is 19.4 Å². The molecule has 128 valence electrons. The van der Waals surface area contributed by atoms with Gasteiger partial charge in [0.15, 0.2) is 0 Å². The van der Waals surface area contributed by atoms with Crippen LogP contribution >= 0.6 is 0 Å². The normalized spacial score (nSPS) is 14.9. The summed E-state index contributed by atoms with van der Waals surface area (Å²) in [4.78, 5) is 0. The number of nitrogens with zero attached hydrogens (tertiary/aromatic N) is 1. The first-order chi connectivity index (χ1) is 12.4. The summed E-state index contributed by atoms with van der Waals surface area (Å²) in [5.41, 5.74) is 2.57. The molecule has 1 saturated heterocycles. The van der Waals surface area contributed by atoms with Crippen LogP contribution in [0.25, 0.3) is 0 Å². The van der Waals surface area contributed by atoms with Gasteiger partial charge in [-0.25, -0.2) is 0 Å². The van der Waals surface area contributed by atoms with Gasteiger partial charge >= 0.3 is 0 Å². The number of rotatable bonds is 4. The summed E-state index contributed by atoms with van der Waals surface area (Å²) in [7, 11) is 0. The Kier molecular flexibility index (Phi) is 6.08. The van der Waals surface area contributed by atoms with Gasteiger partial charge in [-0.3, -0.25) is 0 Å². The Morgan fingerprint density at radius 2 is 1.92 bits per heavy atom. The van der Waals surface area contributed by atoms with Crippen LogP contribution in [0.15, 0.2) is 53.7 Å². The fourth-order valence-corrected chi connectivity index (χ4v) is 2.73. The molecular weight excluding hydrogens is 314 g/mol. The second-order valence-corrected chi connectivity index (χ2v) is 5.89. The molecule has 1 N–H and O–H groups in total. The third-order valence-corrected chi connectivity index (χ3v) is 4.12. The van der Waals surface area contributed by atoms with Crippen molar-refractivity contribution in [2.24, 2.45) is 11.1 Å². The first-order valence-electron chi connectivity index (χ1n) is 8.43. The monoisotopic (exact) mass is 335 g/mol. The van der Waals surface area contributed by atoms with E-state index in [0.29, 0.717) is 23.8 Å². The lowest BCUT2D eigenvalue weighted by Crippen LogP contribution is -2.13. The highest BCUT2D eigenvalue weighted by Gasteiger charge is 2.11.